The Morgan fingerprint density at radius 2 is 1.79 bits per heavy atom. The van der Waals surface area contributed by atoms with Crippen molar-refractivity contribution < 1.29 is 23.9 Å². The Bertz CT molecular complexity index is 1120. The van der Waals surface area contributed by atoms with Gasteiger partial charge in [0.15, 0.2) is 0 Å². The summed E-state index contributed by atoms with van der Waals surface area (Å²) in [5.41, 5.74) is 2.99. The van der Waals surface area contributed by atoms with Gasteiger partial charge in [0, 0.05) is 26.4 Å². The molecule has 0 radical (unpaired) electrons. The van der Waals surface area contributed by atoms with E-state index in [9.17, 15) is 19.2 Å². The molecule has 0 aromatic heterocycles. The molecule has 1 aliphatic heterocycles. The molecule has 1 aliphatic rings. The fourth-order valence-corrected chi connectivity index (χ4v) is 4.44. The molecule has 39 heavy (non-hydrogen) atoms. The summed E-state index contributed by atoms with van der Waals surface area (Å²) in [6, 6.07) is 13.9. The normalized spacial score (nSPS) is 20.0. The number of rotatable bonds is 4. The third-order valence-electron chi connectivity index (χ3n) is 6.72. The van der Waals surface area contributed by atoms with Crippen LogP contribution < -0.4 is 26.0 Å². The first-order valence-electron chi connectivity index (χ1n) is 13.7. The van der Waals surface area contributed by atoms with Crippen LogP contribution in [0.5, 0.6) is 5.75 Å². The van der Waals surface area contributed by atoms with Gasteiger partial charge in [0.2, 0.25) is 23.6 Å². The summed E-state index contributed by atoms with van der Waals surface area (Å²) >= 11 is 0. The molecular weight excluding hydrogens is 496 g/mol. The van der Waals surface area contributed by atoms with E-state index in [1.807, 2.05) is 55.5 Å². The van der Waals surface area contributed by atoms with Crippen LogP contribution in [0.4, 0.5) is 0 Å². The monoisotopic (exact) mass is 536 g/mol. The number of carbonyl (C=O) groups is 4. The second-order valence-corrected chi connectivity index (χ2v) is 9.94. The van der Waals surface area contributed by atoms with Gasteiger partial charge in [-0.2, -0.15) is 0 Å². The zero-order valence-corrected chi connectivity index (χ0v) is 22.9. The lowest BCUT2D eigenvalue weighted by atomic mass is 10.0. The third-order valence-corrected chi connectivity index (χ3v) is 6.72. The van der Waals surface area contributed by atoms with Crippen molar-refractivity contribution in [2.75, 3.05) is 13.2 Å². The van der Waals surface area contributed by atoms with E-state index >= 15 is 0 Å². The topological polar surface area (TPSA) is 126 Å². The Morgan fingerprint density at radius 1 is 1.00 bits per heavy atom. The van der Waals surface area contributed by atoms with Gasteiger partial charge in [-0.15, -0.1) is 0 Å². The first-order valence-corrected chi connectivity index (χ1v) is 13.7. The highest BCUT2D eigenvalue weighted by Crippen LogP contribution is 2.18. The van der Waals surface area contributed by atoms with Crippen molar-refractivity contribution in [3.63, 3.8) is 0 Å². The predicted molar refractivity (Wildman–Crippen MR) is 149 cm³/mol. The van der Waals surface area contributed by atoms with Gasteiger partial charge in [-0.05, 0) is 74.3 Å². The molecule has 9 heteroatoms. The SMILES string of the molecule is CC(=O)N[C@H]1CCCC(=O)NCCCCOc2ccc(C)c(c2)CNC(=O)[C@H](CCc2ccccc2)NC1=O. The summed E-state index contributed by atoms with van der Waals surface area (Å²) in [6.45, 7) is 4.68. The molecule has 0 fully saturated rings. The molecule has 2 bridgehead atoms. The lowest BCUT2D eigenvalue weighted by Crippen LogP contribution is -2.53. The third kappa shape index (κ3) is 10.4. The largest absolute Gasteiger partial charge is 0.494 e. The zero-order chi connectivity index (χ0) is 28.0. The van der Waals surface area contributed by atoms with Crippen molar-refractivity contribution in [3.05, 3.63) is 65.2 Å². The summed E-state index contributed by atoms with van der Waals surface area (Å²) in [7, 11) is 0. The number of fused-ring (bicyclic) bond motifs is 2. The van der Waals surface area contributed by atoms with E-state index in [2.05, 4.69) is 21.3 Å². The quantitative estimate of drug-likeness (QED) is 0.478. The van der Waals surface area contributed by atoms with E-state index in [1.165, 1.54) is 6.92 Å². The van der Waals surface area contributed by atoms with Crippen molar-refractivity contribution in [3.8, 4) is 5.75 Å². The Kier molecular flexibility index (Phi) is 11.8. The van der Waals surface area contributed by atoms with Crippen LogP contribution in [0.2, 0.25) is 0 Å². The molecule has 2 atom stereocenters. The molecule has 0 aliphatic carbocycles. The Balaban J connectivity index is 1.79. The van der Waals surface area contributed by atoms with E-state index < -0.39 is 18.0 Å². The number of hydrogen-bond donors (Lipinski definition) is 4. The van der Waals surface area contributed by atoms with Gasteiger partial charge < -0.3 is 26.0 Å². The van der Waals surface area contributed by atoms with Crippen LogP contribution in [0.25, 0.3) is 0 Å². The summed E-state index contributed by atoms with van der Waals surface area (Å²) in [6.07, 6.45) is 3.49. The van der Waals surface area contributed by atoms with Crippen LogP contribution in [0, 0.1) is 6.92 Å². The second-order valence-electron chi connectivity index (χ2n) is 9.94. The van der Waals surface area contributed by atoms with Crippen LogP contribution in [0.1, 0.15) is 62.1 Å². The Morgan fingerprint density at radius 3 is 2.56 bits per heavy atom. The average molecular weight is 537 g/mol. The van der Waals surface area contributed by atoms with E-state index in [0.717, 1.165) is 35.3 Å². The van der Waals surface area contributed by atoms with Crippen LogP contribution in [0.15, 0.2) is 48.5 Å². The Labute approximate surface area is 230 Å². The molecular formula is C30H40N4O5. The summed E-state index contributed by atoms with van der Waals surface area (Å²) in [4.78, 5) is 50.7. The van der Waals surface area contributed by atoms with Gasteiger partial charge in [-0.3, -0.25) is 19.2 Å². The van der Waals surface area contributed by atoms with Gasteiger partial charge in [0.1, 0.15) is 17.8 Å². The van der Waals surface area contributed by atoms with Crippen molar-refractivity contribution in [2.24, 2.45) is 0 Å². The molecule has 210 valence electrons. The van der Waals surface area contributed by atoms with Crippen molar-refractivity contribution in [1.82, 2.24) is 21.3 Å². The zero-order valence-electron chi connectivity index (χ0n) is 22.9. The lowest BCUT2D eigenvalue weighted by Gasteiger charge is -2.23. The maximum Gasteiger partial charge on any atom is 0.243 e. The van der Waals surface area contributed by atoms with Gasteiger partial charge >= 0.3 is 0 Å². The maximum absolute atomic E-state index is 13.3. The summed E-state index contributed by atoms with van der Waals surface area (Å²) in [5, 5.41) is 11.4. The molecule has 0 spiro atoms. The van der Waals surface area contributed by atoms with Crippen LogP contribution >= 0.6 is 0 Å². The molecule has 4 amide bonds. The standard InChI is InChI=1S/C30H40N4O5/c1-21-13-15-25-19-24(21)20-32-29(37)27(16-14-23-9-4-3-5-10-23)34-30(38)26(33-22(2)35)11-8-12-28(36)31-17-6-7-18-39-25/h3-5,9-10,13,15,19,26-27H,6-8,11-12,14,16-18,20H2,1-2H3,(H,31,36)(H,32,37)(H,33,35)(H,34,38)/t26-,27-/m0/s1. The minimum Gasteiger partial charge on any atom is -0.494 e. The lowest BCUT2D eigenvalue weighted by molar-refractivity contribution is -0.132. The van der Waals surface area contributed by atoms with E-state index in [-0.39, 0.29) is 30.6 Å². The van der Waals surface area contributed by atoms with Gasteiger partial charge in [0.25, 0.3) is 0 Å². The Hall–Kier alpha value is -3.88. The number of amides is 4. The van der Waals surface area contributed by atoms with E-state index in [1.54, 1.807) is 0 Å². The van der Waals surface area contributed by atoms with Crippen molar-refractivity contribution in [2.45, 2.75) is 77.4 Å². The maximum atomic E-state index is 13.3. The molecule has 0 saturated carbocycles. The minimum absolute atomic E-state index is 0.101. The highest BCUT2D eigenvalue weighted by atomic mass is 16.5. The van der Waals surface area contributed by atoms with Gasteiger partial charge in [0.05, 0.1) is 6.61 Å². The van der Waals surface area contributed by atoms with Gasteiger partial charge in [-0.25, -0.2) is 0 Å². The number of aryl methyl sites for hydroxylation is 2. The first kappa shape index (κ1) is 29.7. The number of ether oxygens (including phenoxy) is 1. The molecule has 2 aromatic carbocycles. The predicted octanol–water partition coefficient (Wildman–Crippen LogP) is 2.69. The summed E-state index contributed by atoms with van der Waals surface area (Å²) in [5.74, 6) is -0.483. The fraction of sp³-hybridized carbons (Fsp3) is 0.467. The molecule has 3 rings (SSSR count). The van der Waals surface area contributed by atoms with Crippen molar-refractivity contribution in [1.29, 1.82) is 0 Å². The van der Waals surface area contributed by atoms with Crippen LogP contribution in [-0.4, -0.2) is 48.9 Å². The van der Waals surface area contributed by atoms with E-state index in [0.29, 0.717) is 39.0 Å². The average Bonchev–Trinajstić information content (AvgIpc) is 2.92. The summed E-state index contributed by atoms with van der Waals surface area (Å²) < 4.78 is 5.89. The second kappa shape index (κ2) is 15.5. The van der Waals surface area contributed by atoms with Gasteiger partial charge in [-0.1, -0.05) is 36.4 Å². The van der Waals surface area contributed by atoms with Crippen LogP contribution in [-0.2, 0) is 32.1 Å². The molecule has 2 aromatic rings. The fourth-order valence-electron chi connectivity index (χ4n) is 4.44. The van der Waals surface area contributed by atoms with Crippen LogP contribution in [0.3, 0.4) is 0 Å². The number of nitrogens with one attached hydrogen (secondary N) is 4. The molecule has 4 N–H and O–H groups in total. The smallest absolute Gasteiger partial charge is 0.243 e. The molecule has 1 heterocycles. The molecule has 0 saturated heterocycles. The number of hydrogen-bond acceptors (Lipinski definition) is 5. The number of carbonyl (C=O) groups excluding carboxylic acids is 4. The highest BCUT2D eigenvalue weighted by Gasteiger charge is 2.26. The molecule has 9 nitrogen and oxygen atoms in total. The highest BCUT2D eigenvalue weighted by molar-refractivity contribution is 5.91. The molecule has 0 unspecified atom stereocenters. The van der Waals surface area contributed by atoms with E-state index in [4.69, 9.17) is 4.74 Å². The minimum atomic E-state index is -0.844. The van der Waals surface area contributed by atoms with Crippen molar-refractivity contribution >= 4 is 23.6 Å². The number of benzene rings is 2. The first-order chi connectivity index (χ1) is 18.8.